The van der Waals surface area contributed by atoms with Crippen molar-refractivity contribution in [2.75, 3.05) is 6.54 Å². The smallest absolute Gasteiger partial charge is 0.0801 e. The highest BCUT2D eigenvalue weighted by Gasteiger charge is 2.19. The monoisotopic (exact) mass is 688 g/mol. The van der Waals surface area contributed by atoms with Gasteiger partial charge in [-0.2, -0.15) is 0 Å². The van der Waals surface area contributed by atoms with Crippen molar-refractivity contribution in [3.8, 4) is 22.5 Å². The van der Waals surface area contributed by atoms with Crippen molar-refractivity contribution in [3.05, 3.63) is 174 Å². The van der Waals surface area contributed by atoms with Gasteiger partial charge < -0.3 is 9.13 Å². The van der Waals surface area contributed by atoms with E-state index in [1.807, 2.05) is 12.3 Å². The molecule has 0 radical (unpaired) electrons. The fraction of sp³-hybridized carbons (Fsp3) is 0.0400. The standard InChI is InChI=1S/C50H32N4/c1-3-15-41-37(13-1)39-29-35(23-25-43(39)53(41)45-17-5-9-31-19-21-33-11-7-27-51-49(33)47(31)45)36-24-26-44-40(30-36)38-14-2-4-16-42(38)54(44)46-18-6-10-32-20-22-34-12-8-28-52-50(34)48(32)46/h1-7,9-27,29-30H,8,28H2. The minimum atomic E-state index is 0.829. The quantitative estimate of drug-likeness (QED) is 0.170. The normalized spacial score (nSPS) is 13.0. The number of hydrogen-bond donors (Lipinski definition) is 0. The van der Waals surface area contributed by atoms with Crippen molar-refractivity contribution in [1.82, 2.24) is 14.1 Å². The van der Waals surface area contributed by atoms with Crippen molar-refractivity contribution in [2.24, 2.45) is 4.99 Å². The van der Waals surface area contributed by atoms with Crippen LogP contribution < -0.4 is 10.6 Å². The van der Waals surface area contributed by atoms with E-state index >= 15 is 0 Å². The molecule has 0 bridgehead atoms. The summed E-state index contributed by atoms with van der Waals surface area (Å²) in [5.41, 5.74) is 10.5. The molecule has 0 aliphatic carbocycles. The van der Waals surface area contributed by atoms with Gasteiger partial charge in [-0.1, -0.05) is 109 Å². The van der Waals surface area contributed by atoms with E-state index in [1.165, 1.54) is 87.2 Å². The molecular weight excluding hydrogens is 657 g/mol. The first-order valence-corrected chi connectivity index (χ1v) is 18.7. The molecule has 54 heavy (non-hydrogen) atoms. The molecule has 12 rings (SSSR count). The van der Waals surface area contributed by atoms with Crippen LogP contribution in [0.25, 0.3) is 105 Å². The van der Waals surface area contributed by atoms with Gasteiger partial charge in [-0.15, -0.1) is 0 Å². The van der Waals surface area contributed by atoms with Gasteiger partial charge in [0.2, 0.25) is 0 Å². The summed E-state index contributed by atoms with van der Waals surface area (Å²) in [4.78, 5) is 9.93. The van der Waals surface area contributed by atoms with E-state index < -0.39 is 0 Å². The zero-order valence-corrected chi connectivity index (χ0v) is 29.4. The molecule has 1 aliphatic rings. The van der Waals surface area contributed by atoms with Crippen LogP contribution in [-0.4, -0.2) is 20.7 Å². The van der Waals surface area contributed by atoms with E-state index in [9.17, 15) is 0 Å². The average molecular weight is 689 g/mol. The van der Waals surface area contributed by atoms with Gasteiger partial charge >= 0.3 is 0 Å². The Hall–Kier alpha value is -7.04. The molecule has 0 atom stereocenters. The summed E-state index contributed by atoms with van der Waals surface area (Å²) in [6.45, 7) is 0.829. The highest BCUT2D eigenvalue weighted by Crippen LogP contribution is 2.40. The third-order valence-corrected chi connectivity index (χ3v) is 11.5. The molecule has 4 heteroatoms. The third-order valence-electron chi connectivity index (χ3n) is 11.5. The lowest BCUT2D eigenvalue weighted by Crippen LogP contribution is -2.29. The van der Waals surface area contributed by atoms with Crippen LogP contribution in [0.3, 0.4) is 0 Å². The van der Waals surface area contributed by atoms with Gasteiger partial charge in [-0.25, -0.2) is 0 Å². The van der Waals surface area contributed by atoms with Crippen molar-refractivity contribution >= 4 is 82.1 Å². The zero-order valence-electron chi connectivity index (χ0n) is 29.4. The maximum atomic E-state index is 5.05. The average Bonchev–Trinajstić information content (AvgIpc) is 3.75. The van der Waals surface area contributed by atoms with Crippen molar-refractivity contribution in [2.45, 2.75) is 6.42 Å². The molecular formula is C50H32N4. The van der Waals surface area contributed by atoms with E-state index in [0.29, 0.717) is 0 Å². The number of aromatic nitrogens is 3. The Morgan fingerprint density at radius 3 is 1.72 bits per heavy atom. The minimum Gasteiger partial charge on any atom is -0.309 e. The van der Waals surface area contributed by atoms with Gasteiger partial charge in [0, 0.05) is 50.4 Å². The van der Waals surface area contributed by atoms with E-state index in [-0.39, 0.29) is 0 Å². The second-order valence-electron chi connectivity index (χ2n) is 14.4. The number of pyridine rings is 1. The van der Waals surface area contributed by atoms with Crippen LogP contribution in [0, 0.1) is 0 Å². The number of benzene rings is 8. The van der Waals surface area contributed by atoms with Crippen LogP contribution in [0.2, 0.25) is 0 Å². The fourth-order valence-corrected chi connectivity index (χ4v) is 9.18. The van der Waals surface area contributed by atoms with Crippen LogP contribution in [0.4, 0.5) is 0 Å². The van der Waals surface area contributed by atoms with Gasteiger partial charge in [0.15, 0.2) is 0 Å². The molecule has 0 amide bonds. The van der Waals surface area contributed by atoms with Crippen LogP contribution >= 0.6 is 0 Å². The van der Waals surface area contributed by atoms with Gasteiger partial charge in [-0.05, 0) is 88.1 Å². The Labute approximate surface area is 310 Å². The Kier molecular flexibility index (Phi) is 6.14. The summed E-state index contributed by atoms with van der Waals surface area (Å²) in [7, 11) is 0. The van der Waals surface area contributed by atoms with E-state index in [2.05, 4.69) is 167 Å². The van der Waals surface area contributed by atoms with E-state index in [4.69, 9.17) is 9.98 Å². The highest BCUT2D eigenvalue weighted by molar-refractivity contribution is 6.16. The molecule has 0 saturated heterocycles. The van der Waals surface area contributed by atoms with Crippen LogP contribution in [-0.2, 0) is 0 Å². The SMILES string of the molecule is C1=c2ccc3cccc(-n4c5ccccc5c5cc(-c6ccc7c(c6)c6ccccc6n7-c6cccc7ccc8cccnc8c67)ccc54)c3c2=NCC1. The predicted octanol–water partition coefficient (Wildman–Crippen LogP) is 11.2. The zero-order chi connectivity index (χ0) is 35.3. The van der Waals surface area contributed by atoms with Crippen LogP contribution in [0.15, 0.2) is 169 Å². The lowest BCUT2D eigenvalue weighted by molar-refractivity contribution is 0.966. The second kappa shape index (κ2) is 11.2. The second-order valence-corrected chi connectivity index (χ2v) is 14.4. The van der Waals surface area contributed by atoms with Crippen LogP contribution in [0.5, 0.6) is 0 Å². The van der Waals surface area contributed by atoms with Gasteiger partial charge in [0.05, 0.1) is 44.3 Å². The molecule has 4 heterocycles. The molecule has 8 aromatic carbocycles. The molecule has 1 aliphatic heterocycles. The maximum absolute atomic E-state index is 5.05. The molecule has 3 aromatic heterocycles. The molecule has 0 spiro atoms. The number of hydrogen-bond acceptors (Lipinski definition) is 2. The first-order valence-electron chi connectivity index (χ1n) is 18.7. The van der Waals surface area contributed by atoms with Crippen molar-refractivity contribution in [1.29, 1.82) is 0 Å². The van der Waals surface area contributed by atoms with E-state index in [0.717, 1.165) is 34.9 Å². The molecule has 4 nitrogen and oxygen atoms in total. The minimum absolute atomic E-state index is 0.829. The predicted molar refractivity (Wildman–Crippen MR) is 226 cm³/mol. The molecule has 252 valence electrons. The number of para-hydroxylation sites is 2. The summed E-state index contributed by atoms with van der Waals surface area (Å²) in [6, 6.07) is 57.8. The first-order chi connectivity index (χ1) is 26.8. The summed E-state index contributed by atoms with van der Waals surface area (Å²) in [5, 5.41) is 13.2. The number of fused-ring (bicyclic) bond motifs is 12. The Morgan fingerprint density at radius 1 is 0.444 bits per heavy atom. The lowest BCUT2D eigenvalue weighted by atomic mass is 10.0. The Morgan fingerprint density at radius 2 is 1.02 bits per heavy atom. The van der Waals surface area contributed by atoms with Gasteiger partial charge in [-0.3, -0.25) is 9.98 Å². The van der Waals surface area contributed by atoms with Gasteiger partial charge in [0.1, 0.15) is 0 Å². The van der Waals surface area contributed by atoms with Crippen LogP contribution in [0.1, 0.15) is 6.42 Å². The fourth-order valence-electron chi connectivity index (χ4n) is 9.18. The first kappa shape index (κ1) is 29.5. The Balaban J connectivity index is 1.08. The molecule has 0 fully saturated rings. The molecule has 0 N–H and O–H groups in total. The summed E-state index contributed by atoms with van der Waals surface area (Å²) < 4.78 is 4.87. The molecule has 0 saturated carbocycles. The van der Waals surface area contributed by atoms with E-state index in [1.54, 1.807) is 0 Å². The number of rotatable bonds is 3. The van der Waals surface area contributed by atoms with Crippen molar-refractivity contribution < 1.29 is 0 Å². The highest BCUT2D eigenvalue weighted by atomic mass is 15.0. The summed E-state index contributed by atoms with van der Waals surface area (Å²) >= 11 is 0. The third kappa shape index (κ3) is 4.13. The summed E-state index contributed by atoms with van der Waals surface area (Å²) in [5.74, 6) is 0. The maximum Gasteiger partial charge on any atom is 0.0801 e. The number of nitrogens with zero attached hydrogens (tertiary/aromatic N) is 4. The lowest BCUT2D eigenvalue weighted by Gasteiger charge is -2.14. The molecule has 11 aromatic rings. The molecule has 0 unspecified atom stereocenters. The topological polar surface area (TPSA) is 35.1 Å². The Bertz CT molecular complexity index is 3510. The van der Waals surface area contributed by atoms with Gasteiger partial charge in [0.25, 0.3) is 0 Å². The largest absolute Gasteiger partial charge is 0.309 e. The van der Waals surface area contributed by atoms with Crippen molar-refractivity contribution in [3.63, 3.8) is 0 Å². The summed E-state index contributed by atoms with van der Waals surface area (Å²) in [6.07, 6.45) is 5.21.